The molecular formula is C49H81NO37. The Morgan fingerprint density at radius 1 is 0.391 bits per heavy atom. The SMILES string of the molecule is C=CC(=O)OCC(O)COCOCC(O)COC(=O)CCNCC1OC2OC3C(CO)OC(OC4C(CO)OC(OC5C(CO)OC(OC6C(CO)OC(OC7C(CO)OC(OC1C(O)C2O)C(O)C7O)C(O)C6O)C(O)C5O)C(O)C4O)C(O)C3O. The molecule has 0 aromatic heterocycles. The Labute approximate surface area is 493 Å². The lowest BCUT2D eigenvalue weighted by atomic mass is 9.94. The number of hydrogen-bond acceptors (Lipinski definition) is 38. The molecule has 0 aliphatic carbocycles. The van der Waals surface area contributed by atoms with Gasteiger partial charge in [0, 0.05) is 19.2 Å². The fraction of sp³-hybridized carbons (Fsp3) is 0.918. The minimum Gasteiger partial charge on any atom is -0.463 e. The van der Waals surface area contributed by atoms with E-state index in [0.717, 1.165) is 6.08 Å². The van der Waals surface area contributed by atoms with Crippen molar-refractivity contribution in [3.8, 4) is 0 Å². The molecule has 20 N–H and O–H groups in total. The molecule has 504 valence electrons. The molecule has 12 bridgehead atoms. The Morgan fingerprint density at radius 3 is 0.931 bits per heavy atom. The molecule has 22 heterocycles. The molecule has 0 spiro atoms. The predicted octanol–water partition coefficient (Wildman–Crippen LogP) is -14.1. The molecule has 38 heteroatoms. The van der Waals surface area contributed by atoms with E-state index in [1.165, 1.54) is 0 Å². The predicted molar refractivity (Wildman–Crippen MR) is 267 cm³/mol. The van der Waals surface area contributed by atoms with Gasteiger partial charge in [-0.2, -0.15) is 0 Å². The highest BCUT2D eigenvalue weighted by atomic mass is 16.8. The number of carbonyl (C=O) groups excluding carboxylic acids is 2. The first-order valence-electron chi connectivity index (χ1n) is 27.7. The maximum atomic E-state index is 12.7. The van der Waals surface area contributed by atoms with Gasteiger partial charge in [0.1, 0.15) is 179 Å². The second-order valence-corrected chi connectivity index (χ2v) is 21.3. The Morgan fingerprint density at radius 2 is 0.655 bits per heavy atom. The third-order valence-corrected chi connectivity index (χ3v) is 15.2. The van der Waals surface area contributed by atoms with Crippen molar-refractivity contribution in [1.82, 2.24) is 5.32 Å². The fourth-order valence-corrected chi connectivity index (χ4v) is 10.4. The smallest absolute Gasteiger partial charge is 0.330 e. The first-order chi connectivity index (χ1) is 41.5. The van der Waals surface area contributed by atoms with Crippen LogP contribution in [0.4, 0.5) is 0 Å². The van der Waals surface area contributed by atoms with Crippen LogP contribution in [0.1, 0.15) is 6.42 Å². The molecule has 22 aliphatic heterocycles. The summed E-state index contributed by atoms with van der Waals surface area (Å²) in [5, 5.41) is 212. The zero-order chi connectivity index (χ0) is 63.6. The highest BCUT2D eigenvalue weighted by Crippen LogP contribution is 2.38. The van der Waals surface area contributed by atoms with Gasteiger partial charge in [0.15, 0.2) is 37.7 Å². The molecule has 22 saturated heterocycles. The van der Waals surface area contributed by atoms with Crippen LogP contribution < -0.4 is 5.32 Å². The van der Waals surface area contributed by atoms with Gasteiger partial charge in [-0.15, -0.1) is 0 Å². The maximum Gasteiger partial charge on any atom is 0.330 e. The van der Waals surface area contributed by atoms with Crippen LogP contribution in [-0.4, -0.2) is 385 Å². The minimum atomic E-state index is -2.23. The topological polar surface area (TPSA) is 578 Å². The zero-order valence-corrected chi connectivity index (χ0v) is 46.3. The molecule has 87 heavy (non-hydrogen) atoms. The lowest BCUT2D eigenvalue weighted by molar-refractivity contribution is -0.403. The summed E-state index contributed by atoms with van der Waals surface area (Å²) >= 11 is 0. The third kappa shape index (κ3) is 17.3. The first-order valence-corrected chi connectivity index (χ1v) is 27.7. The van der Waals surface area contributed by atoms with Crippen LogP contribution >= 0.6 is 0 Å². The van der Waals surface area contributed by atoms with Gasteiger partial charge >= 0.3 is 11.9 Å². The van der Waals surface area contributed by atoms with Crippen LogP contribution in [0.3, 0.4) is 0 Å². The van der Waals surface area contributed by atoms with Crippen LogP contribution in [0.2, 0.25) is 0 Å². The number of carbonyl (C=O) groups is 2. The number of esters is 2. The summed E-state index contributed by atoms with van der Waals surface area (Å²) in [4.78, 5) is 23.8. The van der Waals surface area contributed by atoms with Crippen molar-refractivity contribution in [3.63, 3.8) is 0 Å². The van der Waals surface area contributed by atoms with Gasteiger partial charge in [0.05, 0.1) is 52.7 Å². The lowest BCUT2D eigenvalue weighted by Crippen LogP contribution is -2.69. The van der Waals surface area contributed by atoms with Crippen molar-refractivity contribution in [3.05, 3.63) is 12.7 Å². The van der Waals surface area contributed by atoms with E-state index >= 15 is 0 Å². The molecular weight excluding hydrogens is 1190 g/mol. The Hall–Kier alpha value is -2.68. The first kappa shape index (κ1) is 71.8. The molecule has 0 aromatic rings. The van der Waals surface area contributed by atoms with E-state index < -0.39 is 268 Å². The monoisotopic (exact) mass is 1280 g/mol. The van der Waals surface area contributed by atoms with Gasteiger partial charge < -0.3 is 178 Å². The van der Waals surface area contributed by atoms with Gasteiger partial charge in [-0.25, -0.2) is 4.79 Å². The summed E-state index contributed by atoms with van der Waals surface area (Å²) in [5.41, 5.74) is 0. The normalized spacial score (nSPS) is 45.4. The molecule has 32 unspecified atom stereocenters. The molecule has 0 amide bonds. The quantitative estimate of drug-likeness (QED) is 0.0220. The summed E-state index contributed by atoms with van der Waals surface area (Å²) in [6.07, 6.45) is -62.1. The highest BCUT2D eigenvalue weighted by Gasteiger charge is 2.59. The standard InChI is InChI=1S/C49H81NO37/c1-2-24(58)74-13-16(56)11-72-15-73-12-17(57)14-75-25(59)3-4-50-5-18-38-26(60)32(66)44(76-18)83-39-19(6-51)78-46(34(68)28(39)62)85-41-21(8-53)80-48(36(70)30(41)64)87-43-23(10-55)81-49(37(71)31(43)65)86-42-22(9-54)79-47(35(69)29(42)63)84-40-20(7-52)77-45(82-38)33(67)27(40)61/h2,16-23,26-57,60-71H,1,3-15H2. The van der Waals surface area contributed by atoms with E-state index in [0.29, 0.717) is 0 Å². The van der Waals surface area contributed by atoms with E-state index in [1.54, 1.807) is 0 Å². The summed E-state index contributed by atoms with van der Waals surface area (Å²) in [6.45, 7) is -4.73. The van der Waals surface area contributed by atoms with E-state index in [9.17, 15) is 107 Å². The van der Waals surface area contributed by atoms with Gasteiger partial charge in [-0.1, -0.05) is 6.58 Å². The number of nitrogens with one attached hydrogen (secondary N) is 1. The van der Waals surface area contributed by atoms with Gasteiger partial charge in [-0.3, -0.25) is 4.79 Å². The Balaban J connectivity index is 1.09. The van der Waals surface area contributed by atoms with Crippen LogP contribution in [-0.2, 0) is 85.4 Å². The second kappa shape index (κ2) is 33.2. The molecule has 0 aromatic carbocycles. The summed E-state index contributed by atoms with van der Waals surface area (Å²) < 4.78 is 89.4. The molecule has 0 radical (unpaired) electrons. The van der Waals surface area contributed by atoms with Crippen LogP contribution in [0.15, 0.2) is 12.7 Å². The zero-order valence-electron chi connectivity index (χ0n) is 46.3. The molecule has 38 nitrogen and oxygen atoms in total. The van der Waals surface area contributed by atoms with Crippen molar-refractivity contribution >= 4 is 11.9 Å². The lowest BCUT2D eigenvalue weighted by Gasteiger charge is -2.50. The van der Waals surface area contributed by atoms with Crippen molar-refractivity contribution < 1.29 is 182 Å². The highest BCUT2D eigenvalue weighted by molar-refractivity contribution is 5.81. The van der Waals surface area contributed by atoms with E-state index in [4.69, 9.17) is 71.1 Å². The van der Waals surface area contributed by atoms with E-state index in [-0.39, 0.29) is 26.4 Å². The molecule has 22 fully saturated rings. The number of rotatable bonds is 21. The van der Waals surface area contributed by atoms with Crippen LogP contribution in [0, 0.1) is 0 Å². The third-order valence-electron chi connectivity index (χ3n) is 15.2. The van der Waals surface area contributed by atoms with Gasteiger partial charge in [0.2, 0.25) is 0 Å². The van der Waals surface area contributed by atoms with Crippen molar-refractivity contribution in [2.24, 2.45) is 0 Å². The fourth-order valence-electron chi connectivity index (χ4n) is 10.4. The number of aliphatic hydroxyl groups is 19. The van der Waals surface area contributed by atoms with Crippen LogP contribution in [0.5, 0.6) is 0 Å². The summed E-state index contributed by atoms with van der Waals surface area (Å²) in [5.74, 6) is -1.62. The number of ether oxygens (including phenoxy) is 16. The van der Waals surface area contributed by atoms with Crippen molar-refractivity contribution in [2.45, 2.75) is 203 Å². The Bertz CT molecular complexity index is 2080. The second-order valence-electron chi connectivity index (χ2n) is 21.3. The molecule has 0 saturated carbocycles. The number of aliphatic hydroxyl groups excluding tert-OH is 19. The summed E-state index contributed by atoms with van der Waals surface area (Å²) in [6, 6.07) is 0. The Kier molecular flexibility index (Phi) is 27.4. The average molecular weight is 1280 g/mol. The molecule has 22 rings (SSSR count). The minimum absolute atomic E-state index is 0.247. The van der Waals surface area contributed by atoms with Gasteiger partial charge in [-0.05, 0) is 0 Å². The van der Waals surface area contributed by atoms with Crippen LogP contribution in [0.25, 0.3) is 0 Å². The largest absolute Gasteiger partial charge is 0.463 e. The maximum absolute atomic E-state index is 12.7. The van der Waals surface area contributed by atoms with Crippen molar-refractivity contribution in [1.29, 1.82) is 0 Å². The van der Waals surface area contributed by atoms with E-state index in [2.05, 4.69) is 16.6 Å². The average Bonchev–Trinajstić information content (AvgIpc) is 2.42. The van der Waals surface area contributed by atoms with Crippen molar-refractivity contribution in [2.75, 3.05) is 79.3 Å². The summed E-state index contributed by atoms with van der Waals surface area (Å²) in [7, 11) is 0. The van der Waals surface area contributed by atoms with E-state index in [1.807, 2.05) is 0 Å². The number of hydrogen-bond donors (Lipinski definition) is 20. The molecule has 22 aliphatic rings. The van der Waals surface area contributed by atoms with Gasteiger partial charge in [0.25, 0.3) is 0 Å². The molecule has 32 atom stereocenters.